The van der Waals surface area contributed by atoms with Gasteiger partial charge < -0.3 is 9.64 Å². The third-order valence-corrected chi connectivity index (χ3v) is 3.78. The number of likely N-dealkylation sites (tertiary alicyclic amines) is 1. The highest BCUT2D eigenvalue weighted by Gasteiger charge is 2.31. The van der Waals surface area contributed by atoms with Gasteiger partial charge in [-0.1, -0.05) is 6.42 Å². The number of piperidine rings is 1. The third kappa shape index (κ3) is 2.51. The molecule has 2 aliphatic rings. The summed E-state index contributed by atoms with van der Waals surface area (Å²) >= 11 is 0. The first-order chi connectivity index (χ1) is 7.31. The van der Waals surface area contributed by atoms with Gasteiger partial charge >= 0.3 is 0 Å². The topological polar surface area (TPSA) is 29.5 Å². The average Bonchev–Trinajstić information content (AvgIpc) is 2.16. The zero-order valence-corrected chi connectivity index (χ0v) is 9.58. The van der Waals surface area contributed by atoms with E-state index in [4.69, 9.17) is 4.74 Å². The van der Waals surface area contributed by atoms with Crippen LogP contribution in [-0.2, 0) is 9.53 Å². The van der Waals surface area contributed by atoms with E-state index in [2.05, 4.69) is 4.90 Å². The molecule has 2 rings (SSSR count). The van der Waals surface area contributed by atoms with Gasteiger partial charge in [0.1, 0.15) is 0 Å². The molecule has 1 amide bonds. The van der Waals surface area contributed by atoms with Crippen LogP contribution in [0.3, 0.4) is 0 Å². The Bertz CT molecular complexity index is 218. The Morgan fingerprint density at radius 2 is 1.93 bits per heavy atom. The van der Waals surface area contributed by atoms with Crippen LogP contribution in [0.15, 0.2) is 0 Å². The van der Waals surface area contributed by atoms with Crippen LogP contribution < -0.4 is 0 Å². The van der Waals surface area contributed by atoms with E-state index in [1.165, 1.54) is 6.42 Å². The largest absolute Gasteiger partial charge is 0.384 e. The average molecular weight is 211 g/mol. The molecule has 0 aromatic carbocycles. The van der Waals surface area contributed by atoms with Crippen molar-refractivity contribution in [3.63, 3.8) is 0 Å². The van der Waals surface area contributed by atoms with E-state index in [0.29, 0.717) is 17.7 Å². The molecule has 0 N–H and O–H groups in total. The number of methoxy groups -OCH3 is 1. The van der Waals surface area contributed by atoms with Crippen molar-refractivity contribution < 1.29 is 9.53 Å². The fraction of sp³-hybridized carbons (Fsp3) is 0.917. The molecule has 1 aliphatic heterocycles. The summed E-state index contributed by atoms with van der Waals surface area (Å²) in [6.07, 6.45) is 5.73. The number of carbonyl (C=O) groups is 1. The molecule has 0 spiro atoms. The number of hydrogen-bond acceptors (Lipinski definition) is 2. The van der Waals surface area contributed by atoms with Crippen molar-refractivity contribution in [1.82, 2.24) is 4.90 Å². The fourth-order valence-corrected chi connectivity index (χ4v) is 2.47. The van der Waals surface area contributed by atoms with Crippen LogP contribution in [0.4, 0.5) is 0 Å². The molecule has 0 atom stereocenters. The van der Waals surface area contributed by atoms with E-state index in [-0.39, 0.29) is 0 Å². The summed E-state index contributed by atoms with van der Waals surface area (Å²) in [5.41, 5.74) is 0. The Labute approximate surface area is 91.8 Å². The molecule has 0 radical (unpaired) electrons. The molecular weight excluding hydrogens is 190 g/mol. The lowest BCUT2D eigenvalue weighted by Crippen LogP contribution is -2.44. The van der Waals surface area contributed by atoms with Crippen molar-refractivity contribution in [3.8, 4) is 0 Å². The summed E-state index contributed by atoms with van der Waals surface area (Å²) in [6.45, 7) is 2.75. The highest BCUT2D eigenvalue weighted by molar-refractivity contribution is 5.79. The Morgan fingerprint density at radius 3 is 2.40 bits per heavy atom. The van der Waals surface area contributed by atoms with Crippen LogP contribution in [-0.4, -0.2) is 37.6 Å². The molecule has 1 aliphatic carbocycles. The van der Waals surface area contributed by atoms with Gasteiger partial charge in [-0.25, -0.2) is 0 Å². The van der Waals surface area contributed by atoms with Crippen molar-refractivity contribution >= 4 is 5.91 Å². The first kappa shape index (κ1) is 10.9. The number of ether oxygens (including phenoxy) is 1. The van der Waals surface area contributed by atoms with Gasteiger partial charge in [0.15, 0.2) is 0 Å². The van der Waals surface area contributed by atoms with Gasteiger partial charge in [0.25, 0.3) is 0 Å². The number of amides is 1. The molecule has 1 heterocycles. The summed E-state index contributed by atoms with van der Waals surface area (Å²) in [5, 5.41) is 0. The lowest BCUT2D eigenvalue weighted by atomic mass is 9.83. The molecule has 1 saturated carbocycles. The van der Waals surface area contributed by atoms with Crippen molar-refractivity contribution in [2.45, 2.75) is 32.1 Å². The predicted molar refractivity (Wildman–Crippen MR) is 58.5 cm³/mol. The number of hydrogen-bond donors (Lipinski definition) is 0. The van der Waals surface area contributed by atoms with E-state index in [9.17, 15) is 4.79 Å². The molecule has 15 heavy (non-hydrogen) atoms. The number of nitrogens with zero attached hydrogens (tertiary/aromatic N) is 1. The van der Waals surface area contributed by atoms with Gasteiger partial charge in [-0.05, 0) is 31.6 Å². The van der Waals surface area contributed by atoms with Gasteiger partial charge in [-0.3, -0.25) is 4.79 Å². The van der Waals surface area contributed by atoms with E-state index < -0.39 is 0 Å². The van der Waals surface area contributed by atoms with Crippen LogP contribution in [0.5, 0.6) is 0 Å². The van der Waals surface area contributed by atoms with Gasteiger partial charge in [0.2, 0.25) is 5.91 Å². The predicted octanol–water partition coefficient (Wildman–Crippen LogP) is 1.67. The van der Waals surface area contributed by atoms with Gasteiger partial charge in [-0.15, -0.1) is 0 Å². The summed E-state index contributed by atoms with van der Waals surface area (Å²) in [5.74, 6) is 1.45. The minimum atomic E-state index is 0.365. The van der Waals surface area contributed by atoms with Gasteiger partial charge in [0.05, 0.1) is 0 Å². The molecular formula is C12H21NO2. The minimum Gasteiger partial charge on any atom is -0.384 e. The smallest absolute Gasteiger partial charge is 0.225 e. The SMILES string of the molecule is COCC1CCN(C(=O)C2CCC2)CC1. The molecule has 0 aromatic rings. The zero-order valence-electron chi connectivity index (χ0n) is 9.58. The van der Waals surface area contributed by atoms with E-state index in [0.717, 1.165) is 45.4 Å². The minimum absolute atomic E-state index is 0.365. The van der Waals surface area contributed by atoms with Gasteiger partial charge in [0, 0.05) is 32.7 Å². The lowest BCUT2D eigenvalue weighted by molar-refractivity contribution is -0.139. The second-order valence-corrected chi connectivity index (χ2v) is 4.85. The van der Waals surface area contributed by atoms with Crippen LogP contribution >= 0.6 is 0 Å². The maximum atomic E-state index is 11.9. The summed E-state index contributed by atoms with van der Waals surface area (Å²) in [4.78, 5) is 14.0. The highest BCUT2D eigenvalue weighted by atomic mass is 16.5. The third-order valence-electron chi connectivity index (χ3n) is 3.78. The number of carbonyl (C=O) groups excluding carboxylic acids is 1. The molecule has 0 aromatic heterocycles. The van der Waals surface area contributed by atoms with E-state index in [1.807, 2.05) is 0 Å². The Hall–Kier alpha value is -0.570. The summed E-state index contributed by atoms with van der Waals surface area (Å²) in [7, 11) is 1.76. The standard InChI is InChI=1S/C12H21NO2/c1-15-9-10-5-7-13(8-6-10)12(14)11-3-2-4-11/h10-11H,2-9H2,1H3. The van der Waals surface area contributed by atoms with E-state index >= 15 is 0 Å². The summed E-state index contributed by atoms with van der Waals surface area (Å²) in [6, 6.07) is 0. The number of rotatable bonds is 3. The first-order valence-electron chi connectivity index (χ1n) is 6.09. The van der Waals surface area contributed by atoms with Gasteiger partial charge in [-0.2, -0.15) is 0 Å². The van der Waals surface area contributed by atoms with Crippen molar-refractivity contribution in [2.24, 2.45) is 11.8 Å². The molecule has 2 fully saturated rings. The van der Waals surface area contributed by atoms with Crippen molar-refractivity contribution in [2.75, 3.05) is 26.8 Å². The normalized spacial score (nSPS) is 23.9. The monoisotopic (exact) mass is 211 g/mol. The second-order valence-electron chi connectivity index (χ2n) is 4.85. The highest BCUT2D eigenvalue weighted by Crippen LogP contribution is 2.29. The van der Waals surface area contributed by atoms with Crippen LogP contribution in [0.1, 0.15) is 32.1 Å². The Kier molecular flexibility index (Phi) is 3.62. The molecule has 1 saturated heterocycles. The fourth-order valence-electron chi connectivity index (χ4n) is 2.47. The van der Waals surface area contributed by atoms with Crippen LogP contribution in [0, 0.1) is 11.8 Å². The molecule has 0 bridgehead atoms. The van der Waals surface area contributed by atoms with Crippen molar-refractivity contribution in [1.29, 1.82) is 0 Å². The Morgan fingerprint density at radius 1 is 1.27 bits per heavy atom. The maximum absolute atomic E-state index is 11.9. The van der Waals surface area contributed by atoms with Crippen molar-refractivity contribution in [3.05, 3.63) is 0 Å². The molecule has 3 nitrogen and oxygen atoms in total. The molecule has 0 unspecified atom stereocenters. The maximum Gasteiger partial charge on any atom is 0.225 e. The molecule has 86 valence electrons. The Balaban J connectivity index is 1.74. The zero-order chi connectivity index (χ0) is 10.7. The lowest BCUT2D eigenvalue weighted by Gasteiger charge is -2.36. The van der Waals surface area contributed by atoms with Crippen LogP contribution in [0.2, 0.25) is 0 Å². The second kappa shape index (κ2) is 4.97. The van der Waals surface area contributed by atoms with Crippen LogP contribution in [0.25, 0.3) is 0 Å². The van der Waals surface area contributed by atoms with E-state index in [1.54, 1.807) is 7.11 Å². The molecule has 3 heteroatoms. The quantitative estimate of drug-likeness (QED) is 0.710. The first-order valence-corrected chi connectivity index (χ1v) is 6.09. The summed E-state index contributed by atoms with van der Waals surface area (Å²) < 4.78 is 5.15.